The molecule has 14 heavy (non-hydrogen) atoms. The van der Waals surface area contributed by atoms with E-state index in [1.165, 1.54) is 39.1 Å². The molecule has 0 amide bonds. The Balaban J connectivity index is 1.98. The quantitative estimate of drug-likeness (QED) is 0.393. The summed E-state index contributed by atoms with van der Waals surface area (Å²) in [6.07, 6.45) is 5.67. The first-order chi connectivity index (χ1) is 6.83. The number of ether oxygens (including phenoxy) is 1. The van der Waals surface area contributed by atoms with Gasteiger partial charge in [-0.25, -0.2) is 4.79 Å². The molecule has 1 N–H and O–H groups in total. The number of rotatable bonds is 5. The zero-order valence-corrected chi connectivity index (χ0v) is 8.66. The third kappa shape index (κ3) is 4.28. The third-order valence-corrected chi connectivity index (χ3v) is 2.31. The lowest BCUT2D eigenvalue weighted by atomic mass is 10.4. The summed E-state index contributed by atoms with van der Waals surface area (Å²) in [7, 11) is 1.37. The minimum Gasteiger partial charge on any atom is -0.466 e. The summed E-state index contributed by atoms with van der Waals surface area (Å²) in [6, 6.07) is 0. The van der Waals surface area contributed by atoms with E-state index in [-0.39, 0.29) is 5.97 Å². The Bertz CT molecular complexity index is 198. The van der Waals surface area contributed by atoms with Crippen LogP contribution in [-0.4, -0.2) is 44.2 Å². The van der Waals surface area contributed by atoms with E-state index in [1.54, 1.807) is 6.20 Å². The number of nitrogens with zero attached hydrogens (tertiary/aromatic N) is 1. The van der Waals surface area contributed by atoms with E-state index < -0.39 is 0 Å². The Kier molecular flexibility index (Phi) is 5.07. The summed E-state index contributed by atoms with van der Waals surface area (Å²) in [5.74, 6) is -0.321. The van der Waals surface area contributed by atoms with E-state index in [0.29, 0.717) is 0 Å². The molecule has 0 radical (unpaired) electrons. The maximum Gasteiger partial charge on any atom is 0.331 e. The van der Waals surface area contributed by atoms with Crippen LogP contribution in [0.15, 0.2) is 12.3 Å². The highest BCUT2D eigenvalue weighted by atomic mass is 16.5. The molecule has 0 aliphatic carbocycles. The average Bonchev–Trinajstić information content (AvgIpc) is 2.69. The molecule has 0 aromatic carbocycles. The predicted octanol–water partition coefficient (Wildman–Crippen LogP) is 0.358. The summed E-state index contributed by atoms with van der Waals surface area (Å²) >= 11 is 0. The van der Waals surface area contributed by atoms with Gasteiger partial charge in [0, 0.05) is 25.4 Å². The molecule has 0 atom stereocenters. The Morgan fingerprint density at radius 2 is 2.21 bits per heavy atom. The predicted molar refractivity (Wildman–Crippen MR) is 54.8 cm³/mol. The largest absolute Gasteiger partial charge is 0.466 e. The molecular weight excluding hydrogens is 180 g/mol. The van der Waals surface area contributed by atoms with E-state index in [1.807, 2.05) is 0 Å². The lowest BCUT2D eigenvalue weighted by Gasteiger charge is -2.13. The molecule has 1 saturated heterocycles. The summed E-state index contributed by atoms with van der Waals surface area (Å²) < 4.78 is 4.45. The van der Waals surface area contributed by atoms with E-state index >= 15 is 0 Å². The van der Waals surface area contributed by atoms with Crippen molar-refractivity contribution in [2.45, 2.75) is 12.8 Å². The topological polar surface area (TPSA) is 41.6 Å². The van der Waals surface area contributed by atoms with Gasteiger partial charge in [-0.1, -0.05) is 0 Å². The van der Waals surface area contributed by atoms with Gasteiger partial charge in [0.25, 0.3) is 0 Å². The van der Waals surface area contributed by atoms with Gasteiger partial charge >= 0.3 is 5.97 Å². The molecule has 0 bridgehead atoms. The van der Waals surface area contributed by atoms with Gasteiger partial charge in [-0.15, -0.1) is 0 Å². The molecule has 1 aliphatic heterocycles. The molecule has 4 nitrogen and oxygen atoms in total. The second kappa shape index (κ2) is 6.43. The molecule has 0 unspecified atom stereocenters. The van der Waals surface area contributed by atoms with Gasteiger partial charge in [0.15, 0.2) is 0 Å². The highest BCUT2D eigenvalue weighted by molar-refractivity contribution is 5.81. The van der Waals surface area contributed by atoms with Gasteiger partial charge in [0.1, 0.15) is 0 Å². The van der Waals surface area contributed by atoms with Crippen LogP contribution in [0.25, 0.3) is 0 Å². The van der Waals surface area contributed by atoms with Crippen LogP contribution in [0.1, 0.15) is 12.8 Å². The minimum absolute atomic E-state index is 0.321. The van der Waals surface area contributed by atoms with Crippen LogP contribution in [0.3, 0.4) is 0 Å². The first kappa shape index (κ1) is 11.0. The fourth-order valence-electron chi connectivity index (χ4n) is 1.51. The molecular formula is C10H18N2O2. The van der Waals surface area contributed by atoms with Gasteiger partial charge in [-0.05, 0) is 25.9 Å². The van der Waals surface area contributed by atoms with Crippen LogP contribution in [-0.2, 0) is 9.53 Å². The number of esters is 1. The van der Waals surface area contributed by atoms with Crippen LogP contribution in [0, 0.1) is 0 Å². The molecule has 0 aromatic heterocycles. The SMILES string of the molecule is COC(=O)/C=C/NCCN1CCCC1. The van der Waals surface area contributed by atoms with Gasteiger partial charge in [0.05, 0.1) is 7.11 Å². The van der Waals surface area contributed by atoms with Crippen LogP contribution < -0.4 is 5.32 Å². The van der Waals surface area contributed by atoms with E-state index in [4.69, 9.17) is 0 Å². The molecule has 1 rings (SSSR count). The molecule has 4 heteroatoms. The number of carbonyl (C=O) groups excluding carboxylic acids is 1. The van der Waals surface area contributed by atoms with Crippen molar-refractivity contribution in [3.8, 4) is 0 Å². The number of hydrogen-bond acceptors (Lipinski definition) is 4. The Morgan fingerprint density at radius 3 is 2.86 bits per heavy atom. The Hall–Kier alpha value is -1.03. The molecule has 1 fully saturated rings. The first-order valence-corrected chi connectivity index (χ1v) is 5.03. The normalized spacial score (nSPS) is 17.5. The number of methoxy groups -OCH3 is 1. The van der Waals surface area contributed by atoms with Gasteiger partial charge in [0.2, 0.25) is 0 Å². The minimum atomic E-state index is -0.321. The smallest absolute Gasteiger partial charge is 0.331 e. The molecule has 0 aromatic rings. The van der Waals surface area contributed by atoms with Crippen molar-refractivity contribution < 1.29 is 9.53 Å². The molecule has 0 saturated carbocycles. The zero-order chi connectivity index (χ0) is 10.2. The molecule has 80 valence electrons. The monoisotopic (exact) mass is 198 g/mol. The van der Waals surface area contributed by atoms with Crippen LogP contribution in [0.2, 0.25) is 0 Å². The van der Waals surface area contributed by atoms with Crippen LogP contribution >= 0.6 is 0 Å². The van der Waals surface area contributed by atoms with Crippen molar-refractivity contribution in [1.82, 2.24) is 10.2 Å². The highest BCUT2D eigenvalue weighted by Gasteiger charge is 2.09. The van der Waals surface area contributed by atoms with E-state index in [9.17, 15) is 4.79 Å². The first-order valence-electron chi connectivity index (χ1n) is 5.03. The van der Waals surface area contributed by atoms with Crippen molar-refractivity contribution >= 4 is 5.97 Å². The Morgan fingerprint density at radius 1 is 1.50 bits per heavy atom. The van der Waals surface area contributed by atoms with Gasteiger partial charge in [-0.3, -0.25) is 0 Å². The van der Waals surface area contributed by atoms with E-state index in [0.717, 1.165) is 13.1 Å². The van der Waals surface area contributed by atoms with Gasteiger partial charge in [-0.2, -0.15) is 0 Å². The maximum absolute atomic E-state index is 10.7. The second-order valence-electron chi connectivity index (χ2n) is 3.36. The Labute approximate surface area is 84.9 Å². The van der Waals surface area contributed by atoms with Crippen molar-refractivity contribution in [2.75, 3.05) is 33.3 Å². The number of likely N-dealkylation sites (tertiary alicyclic amines) is 1. The van der Waals surface area contributed by atoms with Crippen LogP contribution in [0.5, 0.6) is 0 Å². The van der Waals surface area contributed by atoms with Crippen LogP contribution in [0.4, 0.5) is 0 Å². The van der Waals surface area contributed by atoms with Gasteiger partial charge < -0.3 is 15.0 Å². The van der Waals surface area contributed by atoms with Crippen molar-refractivity contribution in [3.63, 3.8) is 0 Å². The van der Waals surface area contributed by atoms with Crippen molar-refractivity contribution in [2.24, 2.45) is 0 Å². The summed E-state index contributed by atoms with van der Waals surface area (Å²) in [6.45, 7) is 4.35. The lowest BCUT2D eigenvalue weighted by Crippen LogP contribution is -2.27. The number of carbonyl (C=O) groups is 1. The standard InChI is InChI=1S/C10H18N2O2/c1-14-10(13)4-5-11-6-9-12-7-2-3-8-12/h4-5,11H,2-3,6-9H2,1H3/b5-4+. The third-order valence-electron chi connectivity index (χ3n) is 2.31. The summed E-state index contributed by atoms with van der Waals surface area (Å²) in [5, 5.41) is 3.05. The average molecular weight is 198 g/mol. The zero-order valence-electron chi connectivity index (χ0n) is 8.66. The summed E-state index contributed by atoms with van der Waals surface area (Å²) in [5.41, 5.74) is 0. The summed E-state index contributed by atoms with van der Waals surface area (Å²) in [4.78, 5) is 13.1. The van der Waals surface area contributed by atoms with Crippen molar-refractivity contribution in [1.29, 1.82) is 0 Å². The fourth-order valence-corrected chi connectivity index (χ4v) is 1.51. The lowest BCUT2D eigenvalue weighted by molar-refractivity contribution is -0.134. The fraction of sp³-hybridized carbons (Fsp3) is 0.700. The van der Waals surface area contributed by atoms with Crippen molar-refractivity contribution in [3.05, 3.63) is 12.3 Å². The molecule has 1 heterocycles. The maximum atomic E-state index is 10.7. The number of hydrogen-bond donors (Lipinski definition) is 1. The second-order valence-corrected chi connectivity index (χ2v) is 3.36. The molecule has 0 spiro atoms. The highest BCUT2D eigenvalue weighted by Crippen LogP contribution is 2.05. The molecule has 1 aliphatic rings. The number of nitrogens with one attached hydrogen (secondary N) is 1. The van der Waals surface area contributed by atoms with E-state index in [2.05, 4.69) is 15.0 Å².